The summed E-state index contributed by atoms with van der Waals surface area (Å²) in [6.45, 7) is 0. The first-order chi connectivity index (χ1) is 8.90. The normalized spacial score (nSPS) is 16.8. The van der Waals surface area contributed by atoms with Gasteiger partial charge >= 0.3 is 7.12 Å². The Balaban J connectivity index is 2.24. The van der Waals surface area contributed by atoms with Crippen molar-refractivity contribution in [3.8, 4) is 0 Å². The van der Waals surface area contributed by atoms with Crippen molar-refractivity contribution < 1.29 is 22.9 Å². The Morgan fingerprint density at radius 1 is 1.26 bits per heavy atom. The lowest BCUT2D eigenvalue weighted by Crippen LogP contribution is -2.34. The van der Waals surface area contributed by atoms with E-state index in [1.165, 1.54) is 6.07 Å². The van der Waals surface area contributed by atoms with Gasteiger partial charge in [0.1, 0.15) is 10.7 Å². The lowest BCUT2D eigenvalue weighted by Gasteiger charge is -2.13. The van der Waals surface area contributed by atoms with Crippen LogP contribution in [0.5, 0.6) is 0 Å². The molecule has 1 saturated carbocycles. The number of nitrogens with one attached hydrogen (secondary N) is 1. The molecule has 8 heteroatoms. The van der Waals surface area contributed by atoms with Crippen LogP contribution in [0.1, 0.15) is 25.7 Å². The second-order valence-corrected chi connectivity index (χ2v) is 6.35. The molecule has 0 heterocycles. The molecular weight excluding hydrogens is 272 g/mol. The molecule has 1 aliphatic rings. The standard InChI is InChI=1S/C11H15BFNO4S/c13-10-7-8(12(15)16)5-6-11(10)19(17,18)14-9-3-1-2-4-9/h5-7,9,14-16H,1-4H2. The summed E-state index contributed by atoms with van der Waals surface area (Å²) in [5.74, 6) is -0.990. The number of hydrogen-bond acceptors (Lipinski definition) is 4. The van der Waals surface area contributed by atoms with Crippen molar-refractivity contribution in [1.82, 2.24) is 4.72 Å². The van der Waals surface area contributed by atoms with Gasteiger partial charge in [-0.25, -0.2) is 17.5 Å². The third kappa shape index (κ3) is 3.33. The van der Waals surface area contributed by atoms with Gasteiger partial charge in [-0.05, 0) is 30.4 Å². The van der Waals surface area contributed by atoms with Crippen molar-refractivity contribution in [3.05, 3.63) is 24.0 Å². The molecule has 0 aromatic heterocycles. The van der Waals surface area contributed by atoms with Gasteiger partial charge in [0.2, 0.25) is 10.0 Å². The fourth-order valence-corrected chi connectivity index (χ4v) is 3.59. The van der Waals surface area contributed by atoms with Gasteiger partial charge in [-0.2, -0.15) is 0 Å². The third-order valence-corrected chi connectivity index (χ3v) is 4.77. The van der Waals surface area contributed by atoms with Crippen LogP contribution in [-0.4, -0.2) is 31.6 Å². The molecule has 3 N–H and O–H groups in total. The second kappa shape index (κ2) is 5.58. The van der Waals surface area contributed by atoms with E-state index in [0.29, 0.717) is 0 Å². The fraction of sp³-hybridized carbons (Fsp3) is 0.455. The minimum absolute atomic E-state index is 0.0858. The summed E-state index contributed by atoms with van der Waals surface area (Å²) >= 11 is 0. The molecule has 0 bridgehead atoms. The van der Waals surface area contributed by atoms with Gasteiger partial charge < -0.3 is 10.0 Å². The average molecular weight is 287 g/mol. The number of benzene rings is 1. The van der Waals surface area contributed by atoms with Gasteiger partial charge in [0.15, 0.2) is 0 Å². The Bertz CT molecular complexity index is 558. The van der Waals surface area contributed by atoms with Crippen LogP contribution in [-0.2, 0) is 10.0 Å². The topological polar surface area (TPSA) is 86.6 Å². The molecule has 0 amide bonds. The fourth-order valence-electron chi connectivity index (χ4n) is 2.22. The molecule has 0 saturated heterocycles. The molecule has 0 aliphatic heterocycles. The molecule has 19 heavy (non-hydrogen) atoms. The van der Waals surface area contributed by atoms with Gasteiger partial charge in [0.25, 0.3) is 0 Å². The van der Waals surface area contributed by atoms with Gasteiger partial charge in [-0.1, -0.05) is 18.9 Å². The Kier molecular flexibility index (Phi) is 4.24. The molecule has 1 fully saturated rings. The molecule has 1 aromatic rings. The van der Waals surface area contributed by atoms with Crippen molar-refractivity contribution in [2.75, 3.05) is 0 Å². The Morgan fingerprint density at radius 3 is 2.42 bits per heavy atom. The van der Waals surface area contributed by atoms with Crippen LogP contribution in [0.4, 0.5) is 4.39 Å². The summed E-state index contributed by atoms with van der Waals surface area (Å²) in [6.07, 6.45) is 3.44. The third-order valence-electron chi connectivity index (χ3n) is 3.22. The molecule has 0 radical (unpaired) electrons. The molecule has 0 unspecified atom stereocenters. The SMILES string of the molecule is O=S(=O)(NC1CCCC1)c1ccc(B(O)O)cc1F. The van der Waals surface area contributed by atoms with E-state index >= 15 is 0 Å². The van der Waals surface area contributed by atoms with Crippen molar-refractivity contribution >= 4 is 22.6 Å². The maximum absolute atomic E-state index is 13.7. The minimum Gasteiger partial charge on any atom is -0.423 e. The number of halogens is 1. The van der Waals surface area contributed by atoms with E-state index in [0.717, 1.165) is 37.8 Å². The van der Waals surface area contributed by atoms with E-state index in [1.807, 2.05) is 0 Å². The number of rotatable bonds is 4. The first-order valence-corrected chi connectivity index (χ1v) is 7.56. The predicted octanol–water partition coefficient (Wildman–Crippen LogP) is -0.274. The van der Waals surface area contributed by atoms with Gasteiger partial charge in [-0.15, -0.1) is 0 Å². The highest BCUT2D eigenvalue weighted by Gasteiger charge is 2.26. The Labute approximate surface area is 111 Å². The highest BCUT2D eigenvalue weighted by Crippen LogP contribution is 2.21. The van der Waals surface area contributed by atoms with Gasteiger partial charge in [-0.3, -0.25) is 0 Å². The van der Waals surface area contributed by atoms with Crippen LogP contribution in [0.3, 0.4) is 0 Å². The largest absolute Gasteiger partial charge is 0.488 e. The number of sulfonamides is 1. The molecule has 2 rings (SSSR count). The zero-order valence-corrected chi connectivity index (χ0v) is 11.0. The Hall–Kier alpha value is -0.955. The first-order valence-electron chi connectivity index (χ1n) is 6.08. The summed E-state index contributed by atoms with van der Waals surface area (Å²) < 4.78 is 40.2. The van der Waals surface area contributed by atoms with E-state index in [2.05, 4.69) is 4.72 Å². The quantitative estimate of drug-likeness (QED) is 0.665. The van der Waals surface area contributed by atoms with E-state index in [1.54, 1.807) is 0 Å². The maximum atomic E-state index is 13.7. The highest BCUT2D eigenvalue weighted by atomic mass is 32.2. The smallest absolute Gasteiger partial charge is 0.423 e. The lowest BCUT2D eigenvalue weighted by molar-refractivity contribution is 0.425. The van der Waals surface area contributed by atoms with Crippen LogP contribution in [0.2, 0.25) is 0 Å². The summed E-state index contributed by atoms with van der Waals surface area (Å²) in [4.78, 5) is -0.469. The van der Waals surface area contributed by atoms with Crippen molar-refractivity contribution in [1.29, 1.82) is 0 Å². The van der Waals surface area contributed by atoms with E-state index < -0.39 is 27.9 Å². The average Bonchev–Trinajstić information content (AvgIpc) is 2.80. The summed E-state index contributed by atoms with van der Waals surface area (Å²) in [5.41, 5.74) is -0.0858. The Morgan fingerprint density at radius 2 is 1.89 bits per heavy atom. The van der Waals surface area contributed by atoms with Crippen molar-refractivity contribution in [3.63, 3.8) is 0 Å². The van der Waals surface area contributed by atoms with Crippen LogP contribution in [0.25, 0.3) is 0 Å². The van der Waals surface area contributed by atoms with Gasteiger partial charge in [0, 0.05) is 6.04 Å². The molecule has 5 nitrogen and oxygen atoms in total. The van der Waals surface area contributed by atoms with Crippen LogP contribution in [0.15, 0.2) is 23.1 Å². The molecule has 0 atom stereocenters. The molecule has 104 valence electrons. The minimum atomic E-state index is -3.91. The first kappa shape index (κ1) is 14.5. The zero-order valence-electron chi connectivity index (χ0n) is 10.2. The summed E-state index contributed by atoms with van der Waals surface area (Å²) in [7, 11) is -5.73. The molecule has 0 spiro atoms. The zero-order chi connectivity index (χ0) is 14.0. The lowest BCUT2D eigenvalue weighted by atomic mass is 9.80. The second-order valence-electron chi connectivity index (χ2n) is 4.67. The van der Waals surface area contributed by atoms with Crippen LogP contribution < -0.4 is 10.2 Å². The van der Waals surface area contributed by atoms with E-state index in [4.69, 9.17) is 10.0 Å². The van der Waals surface area contributed by atoms with Crippen LogP contribution in [0, 0.1) is 5.82 Å². The molecule has 1 aliphatic carbocycles. The van der Waals surface area contributed by atoms with E-state index in [-0.39, 0.29) is 11.5 Å². The molecule has 1 aromatic carbocycles. The van der Waals surface area contributed by atoms with E-state index in [9.17, 15) is 12.8 Å². The summed E-state index contributed by atoms with van der Waals surface area (Å²) in [6, 6.07) is 2.89. The summed E-state index contributed by atoms with van der Waals surface area (Å²) in [5, 5.41) is 17.8. The number of hydrogen-bond donors (Lipinski definition) is 3. The van der Waals surface area contributed by atoms with Crippen molar-refractivity contribution in [2.45, 2.75) is 36.6 Å². The monoisotopic (exact) mass is 287 g/mol. The highest BCUT2D eigenvalue weighted by molar-refractivity contribution is 7.89. The van der Waals surface area contributed by atoms with Crippen LogP contribution >= 0.6 is 0 Å². The van der Waals surface area contributed by atoms with Gasteiger partial charge in [0.05, 0.1) is 0 Å². The maximum Gasteiger partial charge on any atom is 0.488 e. The van der Waals surface area contributed by atoms with Crippen molar-refractivity contribution in [2.24, 2.45) is 0 Å². The predicted molar refractivity (Wildman–Crippen MR) is 68.8 cm³/mol. The molecular formula is C11H15BFNO4S.